The highest BCUT2D eigenvalue weighted by Crippen LogP contribution is 2.28. The number of aromatic nitrogens is 3. The Bertz CT molecular complexity index is 1360. The van der Waals surface area contributed by atoms with Gasteiger partial charge >= 0.3 is 0 Å². The molecule has 160 valence electrons. The van der Waals surface area contributed by atoms with Gasteiger partial charge in [-0.1, -0.05) is 11.6 Å². The van der Waals surface area contributed by atoms with Crippen molar-refractivity contribution in [1.82, 2.24) is 19.7 Å². The molecule has 0 saturated carbocycles. The van der Waals surface area contributed by atoms with Gasteiger partial charge in [0, 0.05) is 61.8 Å². The number of benzene rings is 1. The zero-order valence-electron chi connectivity index (χ0n) is 17.3. The first-order valence-corrected chi connectivity index (χ1v) is 10.5. The molecular weight excluding hydrogens is 428 g/mol. The molecule has 1 fully saturated rings. The smallest absolute Gasteiger partial charge is 0.257 e. The molecular formula is C23H19ClN6O2. The molecule has 0 N–H and O–H groups in total. The summed E-state index contributed by atoms with van der Waals surface area (Å²) < 4.78 is 7.30. The molecule has 0 atom stereocenters. The third kappa shape index (κ3) is 3.67. The summed E-state index contributed by atoms with van der Waals surface area (Å²) in [5.41, 5.74) is 4.53. The largest absolute Gasteiger partial charge is 0.462 e. The minimum Gasteiger partial charge on any atom is -0.462 e. The number of fused-ring (bicyclic) bond motifs is 1. The van der Waals surface area contributed by atoms with Crippen LogP contribution in [0.4, 0.5) is 5.69 Å². The molecule has 9 heteroatoms. The number of hydrogen-bond donors (Lipinski definition) is 0. The Morgan fingerprint density at radius 1 is 1.19 bits per heavy atom. The maximum atomic E-state index is 13.4. The van der Waals surface area contributed by atoms with Crippen LogP contribution in [0.15, 0.2) is 53.4 Å². The van der Waals surface area contributed by atoms with E-state index in [0.29, 0.717) is 59.1 Å². The van der Waals surface area contributed by atoms with Crippen LogP contribution in [-0.2, 0) is 7.05 Å². The second kappa shape index (κ2) is 8.02. The van der Waals surface area contributed by atoms with Crippen molar-refractivity contribution in [2.24, 2.45) is 7.05 Å². The highest BCUT2D eigenvalue weighted by atomic mass is 35.5. The quantitative estimate of drug-likeness (QED) is 0.476. The Morgan fingerprint density at radius 2 is 2.00 bits per heavy atom. The molecule has 0 aliphatic carbocycles. The third-order valence-electron chi connectivity index (χ3n) is 5.59. The number of halogens is 1. The fourth-order valence-electron chi connectivity index (χ4n) is 3.98. The van der Waals surface area contributed by atoms with E-state index in [2.05, 4.69) is 21.1 Å². The van der Waals surface area contributed by atoms with Gasteiger partial charge in [0.25, 0.3) is 5.91 Å². The molecule has 1 amide bonds. The second-order valence-corrected chi connectivity index (χ2v) is 8.12. The number of carbonyl (C=O) groups is 1. The molecule has 1 aliphatic rings. The number of hydrogen-bond acceptors (Lipinski definition) is 6. The molecule has 4 aromatic rings. The van der Waals surface area contributed by atoms with E-state index in [-0.39, 0.29) is 5.91 Å². The second-order valence-electron chi connectivity index (χ2n) is 7.68. The summed E-state index contributed by atoms with van der Waals surface area (Å²) in [5, 5.41) is 13.9. The minimum absolute atomic E-state index is 0.0963. The van der Waals surface area contributed by atoms with Crippen molar-refractivity contribution < 1.29 is 9.21 Å². The van der Waals surface area contributed by atoms with Crippen molar-refractivity contribution in [3.63, 3.8) is 0 Å². The van der Waals surface area contributed by atoms with Crippen LogP contribution in [-0.4, -0.2) is 51.8 Å². The Hall–Kier alpha value is -3.83. The number of carbonyl (C=O) groups excluding carboxylic acids is 1. The molecule has 1 aliphatic heterocycles. The van der Waals surface area contributed by atoms with E-state index >= 15 is 0 Å². The normalized spacial score (nSPS) is 14.0. The number of pyridine rings is 1. The van der Waals surface area contributed by atoms with Crippen molar-refractivity contribution in [2.75, 3.05) is 31.1 Å². The molecule has 1 saturated heterocycles. The standard InChI is InChI=1S/C23H19ClN6O2/c1-28-14-16(13-26-28)21-11-19(22-20(27-21)2-7-32-22)23(31)30-5-3-29(4-6-30)18-9-15(12-25)8-17(24)10-18/h2,7-11,13-14H,3-6H2,1H3. The molecule has 0 unspecified atom stereocenters. The molecule has 32 heavy (non-hydrogen) atoms. The lowest BCUT2D eigenvalue weighted by Crippen LogP contribution is -2.48. The number of nitrogens with zero attached hydrogens (tertiary/aromatic N) is 6. The summed E-state index contributed by atoms with van der Waals surface area (Å²) in [6, 6.07) is 11.0. The van der Waals surface area contributed by atoms with Gasteiger partial charge in [0.1, 0.15) is 5.52 Å². The Balaban J connectivity index is 1.39. The van der Waals surface area contributed by atoms with Crippen LogP contribution in [0.2, 0.25) is 5.02 Å². The van der Waals surface area contributed by atoms with Crippen molar-refractivity contribution in [1.29, 1.82) is 5.26 Å². The Kier molecular flexibility index (Phi) is 5.04. The lowest BCUT2D eigenvalue weighted by Gasteiger charge is -2.36. The van der Waals surface area contributed by atoms with Gasteiger partial charge in [-0.25, -0.2) is 4.98 Å². The molecule has 1 aromatic carbocycles. The van der Waals surface area contributed by atoms with Crippen molar-refractivity contribution in [3.05, 3.63) is 65.1 Å². The Labute approximate surface area is 189 Å². The lowest BCUT2D eigenvalue weighted by atomic mass is 10.1. The van der Waals surface area contributed by atoms with Crippen molar-refractivity contribution in [2.45, 2.75) is 0 Å². The van der Waals surface area contributed by atoms with Gasteiger partial charge in [-0.15, -0.1) is 0 Å². The highest BCUT2D eigenvalue weighted by molar-refractivity contribution is 6.31. The Morgan fingerprint density at radius 3 is 2.72 bits per heavy atom. The number of nitriles is 1. The predicted molar refractivity (Wildman–Crippen MR) is 120 cm³/mol. The van der Waals surface area contributed by atoms with Crippen molar-refractivity contribution >= 4 is 34.3 Å². The van der Waals surface area contributed by atoms with Crippen LogP contribution < -0.4 is 4.90 Å². The number of anilines is 1. The van der Waals surface area contributed by atoms with E-state index in [1.807, 2.05) is 30.3 Å². The highest BCUT2D eigenvalue weighted by Gasteiger charge is 2.26. The van der Waals surface area contributed by atoms with Gasteiger partial charge in [-0.2, -0.15) is 10.4 Å². The predicted octanol–water partition coefficient (Wildman–Crippen LogP) is 3.72. The van der Waals surface area contributed by atoms with Crippen LogP contribution in [0.1, 0.15) is 15.9 Å². The van der Waals surface area contributed by atoms with Gasteiger partial charge < -0.3 is 14.2 Å². The summed E-state index contributed by atoms with van der Waals surface area (Å²) in [6.45, 7) is 2.36. The summed E-state index contributed by atoms with van der Waals surface area (Å²) in [4.78, 5) is 22.0. The molecule has 0 radical (unpaired) electrons. The summed E-state index contributed by atoms with van der Waals surface area (Å²) in [6.07, 6.45) is 5.13. The van der Waals surface area contributed by atoms with Gasteiger partial charge in [-0.05, 0) is 24.3 Å². The van der Waals surface area contributed by atoms with E-state index in [1.165, 1.54) is 0 Å². The average molecular weight is 447 g/mol. The maximum Gasteiger partial charge on any atom is 0.257 e. The molecule has 8 nitrogen and oxygen atoms in total. The van der Waals surface area contributed by atoms with Gasteiger partial charge in [0.2, 0.25) is 0 Å². The molecule has 4 heterocycles. The van der Waals surface area contributed by atoms with E-state index in [0.717, 1.165) is 11.3 Å². The first-order chi connectivity index (χ1) is 15.5. The van der Waals surface area contributed by atoms with E-state index in [4.69, 9.17) is 16.0 Å². The molecule has 0 spiro atoms. The number of aryl methyl sites for hydroxylation is 1. The third-order valence-corrected chi connectivity index (χ3v) is 5.80. The number of amides is 1. The van der Waals surface area contributed by atoms with Crippen LogP contribution in [0.25, 0.3) is 22.4 Å². The van der Waals surface area contributed by atoms with E-state index < -0.39 is 0 Å². The summed E-state index contributed by atoms with van der Waals surface area (Å²) in [5.74, 6) is -0.0963. The number of piperazine rings is 1. The van der Waals surface area contributed by atoms with E-state index in [1.54, 1.807) is 35.3 Å². The molecule has 0 bridgehead atoms. The first kappa shape index (κ1) is 20.1. The van der Waals surface area contributed by atoms with Gasteiger partial charge in [-0.3, -0.25) is 9.48 Å². The number of rotatable bonds is 3. The monoisotopic (exact) mass is 446 g/mol. The fraction of sp³-hybridized carbons (Fsp3) is 0.217. The van der Waals surface area contributed by atoms with Crippen LogP contribution in [0.5, 0.6) is 0 Å². The van der Waals surface area contributed by atoms with Crippen LogP contribution in [0, 0.1) is 11.3 Å². The van der Waals surface area contributed by atoms with E-state index in [9.17, 15) is 10.1 Å². The van der Waals surface area contributed by atoms with Crippen LogP contribution >= 0.6 is 11.6 Å². The SMILES string of the molecule is Cn1cc(-c2cc(C(=O)N3CCN(c4cc(Cl)cc(C#N)c4)CC3)c3occc3n2)cn1. The zero-order chi connectivity index (χ0) is 22.2. The first-order valence-electron chi connectivity index (χ1n) is 10.1. The summed E-state index contributed by atoms with van der Waals surface area (Å²) >= 11 is 6.15. The van der Waals surface area contributed by atoms with Gasteiger partial charge in [0.15, 0.2) is 5.58 Å². The average Bonchev–Trinajstić information content (AvgIpc) is 3.46. The molecule has 3 aromatic heterocycles. The maximum absolute atomic E-state index is 13.4. The summed E-state index contributed by atoms with van der Waals surface area (Å²) in [7, 11) is 1.84. The number of furan rings is 1. The van der Waals surface area contributed by atoms with Gasteiger partial charge in [0.05, 0.1) is 35.4 Å². The lowest BCUT2D eigenvalue weighted by molar-refractivity contribution is 0.0747. The van der Waals surface area contributed by atoms with Crippen LogP contribution in [0.3, 0.4) is 0 Å². The zero-order valence-corrected chi connectivity index (χ0v) is 18.1. The van der Waals surface area contributed by atoms with Crippen molar-refractivity contribution in [3.8, 4) is 17.3 Å². The topological polar surface area (TPSA) is 91.2 Å². The molecule has 5 rings (SSSR count). The fourth-order valence-corrected chi connectivity index (χ4v) is 4.21. The minimum atomic E-state index is -0.0963.